The van der Waals surface area contributed by atoms with Crippen molar-refractivity contribution in [1.82, 2.24) is 15.1 Å². The second-order valence-electron chi connectivity index (χ2n) is 4.98. The minimum Gasteiger partial charge on any atom is -0.481 e. The van der Waals surface area contributed by atoms with E-state index in [0.29, 0.717) is 0 Å². The molecule has 0 spiro atoms. The van der Waals surface area contributed by atoms with E-state index in [1.54, 1.807) is 0 Å². The van der Waals surface area contributed by atoms with Gasteiger partial charge in [-0.1, -0.05) is 24.1 Å². The summed E-state index contributed by atoms with van der Waals surface area (Å²) in [6.07, 6.45) is 5.24. The van der Waals surface area contributed by atoms with Gasteiger partial charge in [-0.15, -0.1) is 6.42 Å². The molecule has 1 aromatic carbocycles. The number of rotatable bonds is 6. The van der Waals surface area contributed by atoms with Crippen LogP contribution in [0.5, 0.6) is 5.75 Å². The van der Waals surface area contributed by atoms with E-state index in [9.17, 15) is 0 Å². The fourth-order valence-corrected chi connectivity index (χ4v) is 2.31. The molecule has 0 bridgehead atoms. The third kappa shape index (κ3) is 3.65. The van der Waals surface area contributed by atoms with Gasteiger partial charge in [0, 0.05) is 37.0 Å². The van der Waals surface area contributed by atoms with Crippen LogP contribution in [0.3, 0.4) is 0 Å². The van der Waals surface area contributed by atoms with Crippen LogP contribution >= 0.6 is 0 Å². The molecule has 110 valence electrons. The molecule has 4 nitrogen and oxygen atoms in total. The van der Waals surface area contributed by atoms with E-state index in [4.69, 9.17) is 11.2 Å². The maximum atomic E-state index is 5.55. The number of hydrogen-bond acceptors (Lipinski definition) is 3. The quantitative estimate of drug-likeness (QED) is 0.827. The van der Waals surface area contributed by atoms with E-state index in [-0.39, 0.29) is 6.61 Å². The Balaban J connectivity index is 1.99. The Kier molecular flexibility index (Phi) is 5.02. The predicted octanol–water partition coefficient (Wildman–Crippen LogP) is 2.34. The van der Waals surface area contributed by atoms with E-state index in [1.165, 1.54) is 11.3 Å². The standard InChI is InChI=1S/C17H21N3O/c1-5-10-21-17-9-7-6-8-15(17)11-18-12-16-13(2)19-20(4)14(16)3/h1,6-9,18H,10-12H2,2-4H3. The third-order valence-electron chi connectivity index (χ3n) is 3.56. The zero-order valence-corrected chi connectivity index (χ0v) is 12.8. The maximum absolute atomic E-state index is 5.55. The lowest BCUT2D eigenvalue weighted by molar-refractivity contribution is 0.364. The summed E-state index contributed by atoms with van der Waals surface area (Å²) in [6, 6.07) is 7.93. The lowest BCUT2D eigenvalue weighted by Crippen LogP contribution is -2.14. The number of aromatic nitrogens is 2. The van der Waals surface area contributed by atoms with Gasteiger partial charge in [0.1, 0.15) is 12.4 Å². The highest BCUT2D eigenvalue weighted by Crippen LogP contribution is 2.18. The van der Waals surface area contributed by atoms with Crippen LogP contribution in [-0.4, -0.2) is 16.4 Å². The highest BCUT2D eigenvalue weighted by atomic mass is 16.5. The van der Waals surface area contributed by atoms with Gasteiger partial charge >= 0.3 is 0 Å². The predicted molar refractivity (Wildman–Crippen MR) is 84.0 cm³/mol. The molecule has 0 atom stereocenters. The van der Waals surface area contributed by atoms with E-state index < -0.39 is 0 Å². The van der Waals surface area contributed by atoms with E-state index in [0.717, 1.165) is 30.1 Å². The van der Waals surface area contributed by atoms with Gasteiger partial charge in [-0.2, -0.15) is 5.10 Å². The van der Waals surface area contributed by atoms with Crippen LogP contribution in [0.15, 0.2) is 24.3 Å². The summed E-state index contributed by atoms with van der Waals surface area (Å²) in [4.78, 5) is 0. The number of ether oxygens (including phenoxy) is 1. The number of nitrogens with zero attached hydrogens (tertiary/aromatic N) is 2. The molecule has 0 radical (unpaired) electrons. The van der Waals surface area contributed by atoms with Gasteiger partial charge in [-0.3, -0.25) is 4.68 Å². The summed E-state index contributed by atoms with van der Waals surface area (Å²) >= 11 is 0. The summed E-state index contributed by atoms with van der Waals surface area (Å²) in [7, 11) is 1.97. The molecule has 4 heteroatoms. The largest absolute Gasteiger partial charge is 0.481 e. The molecule has 0 aliphatic heterocycles. The molecule has 21 heavy (non-hydrogen) atoms. The van der Waals surface area contributed by atoms with Crippen molar-refractivity contribution in [2.24, 2.45) is 7.05 Å². The second kappa shape index (κ2) is 6.96. The number of para-hydroxylation sites is 1. The van der Waals surface area contributed by atoms with Gasteiger partial charge < -0.3 is 10.1 Å². The molecule has 1 N–H and O–H groups in total. The van der Waals surface area contributed by atoms with E-state index in [2.05, 4.69) is 23.3 Å². The van der Waals surface area contributed by atoms with Crippen molar-refractivity contribution in [2.75, 3.05) is 6.61 Å². The first kappa shape index (κ1) is 15.1. The average molecular weight is 283 g/mol. The zero-order chi connectivity index (χ0) is 15.2. The third-order valence-corrected chi connectivity index (χ3v) is 3.56. The Labute approximate surface area is 126 Å². The lowest BCUT2D eigenvalue weighted by atomic mass is 10.1. The Hall–Kier alpha value is -2.25. The van der Waals surface area contributed by atoms with E-state index >= 15 is 0 Å². The monoisotopic (exact) mass is 283 g/mol. The molecular formula is C17H21N3O. The van der Waals surface area contributed by atoms with Gasteiger partial charge in [-0.05, 0) is 19.9 Å². The van der Waals surface area contributed by atoms with Crippen LogP contribution in [0.4, 0.5) is 0 Å². The smallest absolute Gasteiger partial charge is 0.148 e. The highest BCUT2D eigenvalue weighted by molar-refractivity contribution is 5.33. The van der Waals surface area contributed by atoms with Crippen LogP contribution in [-0.2, 0) is 20.1 Å². The molecule has 1 heterocycles. The van der Waals surface area contributed by atoms with Gasteiger partial charge in [-0.25, -0.2) is 0 Å². The summed E-state index contributed by atoms with van der Waals surface area (Å²) in [6.45, 7) is 5.93. The van der Waals surface area contributed by atoms with Crippen LogP contribution in [0.2, 0.25) is 0 Å². The minimum absolute atomic E-state index is 0.290. The molecule has 2 aromatic rings. The summed E-state index contributed by atoms with van der Waals surface area (Å²) in [5, 5.41) is 7.87. The number of benzene rings is 1. The van der Waals surface area contributed by atoms with Crippen molar-refractivity contribution < 1.29 is 4.74 Å². The first-order valence-corrected chi connectivity index (χ1v) is 6.97. The fourth-order valence-electron chi connectivity index (χ4n) is 2.31. The SMILES string of the molecule is C#CCOc1ccccc1CNCc1c(C)nn(C)c1C. The number of nitrogens with one attached hydrogen (secondary N) is 1. The molecule has 0 amide bonds. The van der Waals surface area contributed by atoms with Crippen LogP contribution in [0.1, 0.15) is 22.5 Å². The first-order chi connectivity index (χ1) is 10.1. The van der Waals surface area contributed by atoms with Gasteiger partial charge in [0.2, 0.25) is 0 Å². The van der Waals surface area contributed by atoms with Crippen molar-refractivity contribution in [1.29, 1.82) is 0 Å². The van der Waals surface area contributed by atoms with Crippen molar-refractivity contribution in [3.63, 3.8) is 0 Å². The molecule has 0 saturated carbocycles. The molecule has 1 aromatic heterocycles. The molecule has 0 unspecified atom stereocenters. The molecule has 0 aliphatic carbocycles. The maximum Gasteiger partial charge on any atom is 0.148 e. The number of terminal acetylenes is 1. The molecule has 2 rings (SSSR count). The topological polar surface area (TPSA) is 39.1 Å². The van der Waals surface area contributed by atoms with Crippen LogP contribution < -0.4 is 10.1 Å². The van der Waals surface area contributed by atoms with Crippen LogP contribution in [0.25, 0.3) is 0 Å². The van der Waals surface area contributed by atoms with Gasteiger partial charge in [0.15, 0.2) is 0 Å². The number of aryl methyl sites for hydroxylation is 2. The second-order valence-corrected chi connectivity index (χ2v) is 4.98. The van der Waals surface area contributed by atoms with Gasteiger partial charge in [0.05, 0.1) is 5.69 Å². The molecular weight excluding hydrogens is 262 g/mol. The summed E-state index contributed by atoms with van der Waals surface area (Å²) in [5.74, 6) is 3.33. The molecule has 0 aliphatic rings. The van der Waals surface area contributed by atoms with Crippen molar-refractivity contribution in [3.05, 3.63) is 46.8 Å². The highest BCUT2D eigenvalue weighted by Gasteiger charge is 2.09. The Bertz CT molecular complexity index is 653. The minimum atomic E-state index is 0.290. The van der Waals surface area contributed by atoms with Crippen LogP contribution in [0, 0.1) is 26.2 Å². The normalized spacial score (nSPS) is 10.4. The first-order valence-electron chi connectivity index (χ1n) is 6.97. The fraction of sp³-hybridized carbons (Fsp3) is 0.353. The Morgan fingerprint density at radius 1 is 1.29 bits per heavy atom. The van der Waals surface area contributed by atoms with Crippen molar-refractivity contribution >= 4 is 0 Å². The molecule has 0 saturated heterocycles. The summed E-state index contributed by atoms with van der Waals surface area (Å²) in [5.41, 5.74) is 4.61. The average Bonchev–Trinajstić information content (AvgIpc) is 2.72. The summed E-state index contributed by atoms with van der Waals surface area (Å²) < 4.78 is 7.46. The zero-order valence-electron chi connectivity index (χ0n) is 12.8. The molecule has 0 fully saturated rings. The van der Waals surface area contributed by atoms with E-state index in [1.807, 2.05) is 42.9 Å². The number of hydrogen-bond donors (Lipinski definition) is 1. The van der Waals surface area contributed by atoms with Crippen molar-refractivity contribution in [2.45, 2.75) is 26.9 Å². The van der Waals surface area contributed by atoms with Gasteiger partial charge in [0.25, 0.3) is 0 Å². The Morgan fingerprint density at radius 3 is 2.71 bits per heavy atom. The Morgan fingerprint density at radius 2 is 2.05 bits per heavy atom. The lowest BCUT2D eigenvalue weighted by Gasteiger charge is -2.10. The van der Waals surface area contributed by atoms with Crippen molar-refractivity contribution in [3.8, 4) is 18.1 Å².